The van der Waals surface area contributed by atoms with Crippen LogP contribution in [-0.2, 0) is 18.9 Å². The fourth-order valence-corrected chi connectivity index (χ4v) is 3.59. The van der Waals surface area contributed by atoms with E-state index in [4.69, 9.17) is 18.9 Å². The fourth-order valence-electron chi connectivity index (χ4n) is 3.59. The molecule has 0 heterocycles. The van der Waals surface area contributed by atoms with Crippen LogP contribution in [0, 0.1) is 0 Å². The SMILES string of the molecule is CCCCOC(=O)c1cc(C(=O)OCCCC)c2cc(C(=O)OCCCC)cc(C(=O)OCCCC)c2c1. The van der Waals surface area contributed by atoms with Crippen LogP contribution in [0.3, 0.4) is 0 Å². The lowest BCUT2D eigenvalue weighted by atomic mass is 9.94. The van der Waals surface area contributed by atoms with Crippen molar-refractivity contribution < 1.29 is 38.1 Å². The van der Waals surface area contributed by atoms with E-state index in [0.29, 0.717) is 36.5 Å². The molecule has 38 heavy (non-hydrogen) atoms. The van der Waals surface area contributed by atoms with Crippen LogP contribution in [0.1, 0.15) is 120 Å². The molecule has 2 aromatic rings. The van der Waals surface area contributed by atoms with Gasteiger partial charge in [0.15, 0.2) is 0 Å². The van der Waals surface area contributed by atoms with Crippen LogP contribution in [0.4, 0.5) is 0 Å². The maximum atomic E-state index is 13.1. The molecule has 0 radical (unpaired) electrons. The number of fused-ring (bicyclic) bond motifs is 1. The molecule has 2 rings (SSSR count). The molecule has 208 valence electrons. The minimum Gasteiger partial charge on any atom is -0.462 e. The zero-order valence-corrected chi connectivity index (χ0v) is 23.1. The second kappa shape index (κ2) is 16.4. The second-order valence-corrected chi connectivity index (χ2v) is 9.10. The van der Waals surface area contributed by atoms with Gasteiger partial charge < -0.3 is 18.9 Å². The summed E-state index contributed by atoms with van der Waals surface area (Å²) in [5.74, 6) is -2.55. The van der Waals surface area contributed by atoms with Crippen molar-refractivity contribution in [2.24, 2.45) is 0 Å². The Labute approximate surface area is 225 Å². The van der Waals surface area contributed by atoms with Gasteiger partial charge in [0.05, 0.1) is 48.7 Å². The third kappa shape index (κ3) is 8.85. The van der Waals surface area contributed by atoms with Crippen molar-refractivity contribution in [2.45, 2.75) is 79.1 Å². The summed E-state index contributed by atoms with van der Waals surface area (Å²) in [5.41, 5.74) is 0.340. The number of rotatable bonds is 16. The molecule has 2 aromatic carbocycles. The van der Waals surface area contributed by atoms with Gasteiger partial charge in [0, 0.05) is 0 Å². The molecule has 8 heteroatoms. The zero-order chi connectivity index (χ0) is 27.9. The van der Waals surface area contributed by atoms with Crippen LogP contribution >= 0.6 is 0 Å². The van der Waals surface area contributed by atoms with Crippen molar-refractivity contribution in [2.75, 3.05) is 26.4 Å². The normalized spacial score (nSPS) is 10.7. The standard InChI is InChI=1S/C30H40O8/c1-5-9-13-35-27(31)21-17-23-24(25(19-21)29(33)37-15-11-7-3)18-22(28(32)36-14-10-6-2)20-26(23)30(34)38-16-12-8-4/h17-20H,5-16H2,1-4H3. The summed E-state index contributed by atoms with van der Waals surface area (Å²) in [4.78, 5) is 52.0. The lowest BCUT2D eigenvalue weighted by molar-refractivity contribution is 0.0478. The van der Waals surface area contributed by atoms with Crippen molar-refractivity contribution in [3.63, 3.8) is 0 Å². The Kier molecular flexibility index (Phi) is 13.3. The number of carbonyl (C=O) groups is 4. The van der Waals surface area contributed by atoms with E-state index in [-0.39, 0.29) is 48.7 Å². The first-order chi connectivity index (χ1) is 18.4. The molecule has 8 nitrogen and oxygen atoms in total. The van der Waals surface area contributed by atoms with Gasteiger partial charge in [-0.1, -0.05) is 53.4 Å². The highest BCUT2D eigenvalue weighted by atomic mass is 16.5. The van der Waals surface area contributed by atoms with Gasteiger partial charge >= 0.3 is 23.9 Å². The van der Waals surface area contributed by atoms with E-state index in [0.717, 1.165) is 25.7 Å². The highest BCUT2D eigenvalue weighted by Gasteiger charge is 2.24. The van der Waals surface area contributed by atoms with Crippen molar-refractivity contribution in [3.05, 3.63) is 46.5 Å². The van der Waals surface area contributed by atoms with E-state index in [9.17, 15) is 19.2 Å². The summed E-state index contributed by atoms with van der Waals surface area (Å²) in [6.45, 7) is 8.78. The average Bonchev–Trinajstić information content (AvgIpc) is 2.92. The third-order valence-corrected chi connectivity index (χ3v) is 5.91. The Balaban J connectivity index is 2.68. The summed E-state index contributed by atoms with van der Waals surface area (Å²) >= 11 is 0. The zero-order valence-electron chi connectivity index (χ0n) is 23.1. The monoisotopic (exact) mass is 528 g/mol. The lowest BCUT2D eigenvalue weighted by Gasteiger charge is -2.15. The maximum absolute atomic E-state index is 13.1. The summed E-state index contributed by atoms with van der Waals surface area (Å²) in [7, 11) is 0. The van der Waals surface area contributed by atoms with Gasteiger partial charge in [-0.3, -0.25) is 0 Å². The molecule has 0 N–H and O–H groups in total. The minimum atomic E-state index is -0.659. The summed E-state index contributed by atoms with van der Waals surface area (Å²) < 4.78 is 21.6. The van der Waals surface area contributed by atoms with Gasteiger partial charge in [0.25, 0.3) is 0 Å². The van der Waals surface area contributed by atoms with Crippen LogP contribution in [0.25, 0.3) is 10.8 Å². The smallest absolute Gasteiger partial charge is 0.338 e. The predicted octanol–water partition coefficient (Wildman–Crippen LogP) is 6.67. The van der Waals surface area contributed by atoms with Crippen LogP contribution in [0.2, 0.25) is 0 Å². The molecule has 0 fully saturated rings. The first kappa shape index (κ1) is 30.8. The lowest BCUT2D eigenvalue weighted by Crippen LogP contribution is -2.15. The van der Waals surface area contributed by atoms with E-state index in [2.05, 4.69) is 0 Å². The first-order valence-electron chi connectivity index (χ1n) is 13.7. The molecule has 0 aromatic heterocycles. The van der Waals surface area contributed by atoms with Crippen LogP contribution in [0.5, 0.6) is 0 Å². The molecule has 0 amide bonds. The molecule has 0 saturated carbocycles. The van der Waals surface area contributed by atoms with Crippen molar-refractivity contribution in [1.82, 2.24) is 0 Å². The number of carbonyl (C=O) groups excluding carboxylic acids is 4. The molecule has 0 unspecified atom stereocenters. The average molecular weight is 529 g/mol. The number of ether oxygens (including phenoxy) is 4. The fraction of sp³-hybridized carbons (Fsp3) is 0.533. The molecular weight excluding hydrogens is 488 g/mol. The van der Waals surface area contributed by atoms with Gasteiger partial charge in [-0.05, 0) is 60.7 Å². The molecule has 0 bridgehead atoms. The minimum absolute atomic E-state index is 0.0619. The molecule has 0 aliphatic carbocycles. The summed E-state index contributed by atoms with van der Waals surface area (Å²) in [5, 5.41) is 0.591. The van der Waals surface area contributed by atoms with E-state index in [1.54, 1.807) is 0 Å². The molecule has 0 aliphatic rings. The Morgan fingerprint density at radius 1 is 0.474 bits per heavy atom. The van der Waals surface area contributed by atoms with Gasteiger partial charge in [0.1, 0.15) is 0 Å². The molecule has 0 spiro atoms. The first-order valence-corrected chi connectivity index (χ1v) is 13.7. The molecular formula is C30H40O8. The second-order valence-electron chi connectivity index (χ2n) is 9.10. The predicted molar refractivity (Wildman–Crippen MR) is 145 cm³/mol. The van der Waals surface area contributed by atoms with E-state index in [1.807, 2.05) is 27.7 Å². The highest BCUT2D eigenvalue weighted by molar-refractivity contribution is 6.15. The van der Waals surface area contributed by atoms with Gasteiger partial charge in [-0.25, -0.2) is 19.2 Å². The Bertz CT molecular complexity index is 1020. The Morgan fingerprint density at radius 2 is 0.763 bits per heavy atom. The topological polar surface area (TPSA) is 105 Å². The molecule has 0 saturated heterocycles. The maximum Gasteiger partial charge on any atom is 0.338 e. The highest BCUT2D eigenvalue weighted by Crippen LogP contribution is 2.29. The van der Waals surface area contributed by atoms with Crippen molar-refractivity contribution in [1.29, 1.82) is 0 Å². The van der Waals surface area contributed by atoms with Crippen molar-refractivity contribution >= 4 is 34.6 Å². The van der Waals surface area contributed by atoms with Crippen LogP contribution in [0.15, 0.2) is 24.3 Å². The number of esters is 4. The van der Waals surface area contributed by atoms with Crippen LogP contribution < -0.4 is 0 Å². The molecule has 0 atom stereocenters. The number of hydrogen-bond donors (Lipinski definition) is 0. The largest absolute Gasteiger partial charge is 0.462 e. The van der Waals surface area contributed by atoms with Gasteiger partial charge in [-0.2, -0.15) is 0 Å². The van der Waals surface area contributed by atoms with E-state index < -0.39 is 23.9 Å². The molecule has 0 aliphatic heterocycles. The van der Waals surface area contributed by atoms with E-state index >= 15 is 0 Å². The Morgan fingerprint density at radius 3 is 1.05 bits per heavy atom. The number of benzene rings is 2. The van der Waals surface area contributed by atoms with Gasteiger partial charge in [0.2, 0.25) is 0 Å². The van der Waals surface area contributed by atoms with Crippen LogP contribution in [-0.4, -0.2) is 50.3 Å². The number of unbranched alkanes of at least 4 members (excludes halogenated alkanes) is 4. The van der Waals surface area contributed by atoms with Crippen molar-refractivity contribution in [3.8, 4) is 0 Å². The number of hydrogen-bond acceptors (Lipinski definition) is 8. The third-order valence-electron chi connectivity index (χ3n) is 5.91. The summed E-state index contributed by atoms with van der Waals surface area (Å²) in [6, 6.07) is 5.77. The Hall–Kier alpha value is -3.42. The van der Waals surface area contributed by atoms with Gasteiger partial charge in [-0.15, -0.1) is 0 Å². The summed E-state index contributed by atoms with van der Waals surface area (Å²) in [6.07, 6.45) is 6.11. The quantitative estimate of drug-likeness (QED) is 0.135. The van der Waals surface area contributed by atoms with E-state index in [1.165, 1.54) is 24.3 Å².